The summed E-state index contributed by atoms with van der Waals surface area (Å²) in [5, 5.41) is 9.25. The number of hydrogen-bond acceptors (Lipinski definition) is 2. The molecule has 4 heteroatoms. The lowest BCUT2D eigenvalue weighted by Gasteiger charge is -2.07. The van der Waals surface area contributed by atoms with E-state index < -0.39 is 11.9 Å². The van der Waals surface area contributed by atoms with E-state index in [4.69, 9.17) is 0 Å². The third-order valence-electron chi connectivity index (χ3n) is 4.14. The molecule has 1 aliphatic rings. The van der Waals surface area contributed by atoms with Crippen LogP contribution in [0.5, 0.6) is 0 Å². The second-order valence-electron chi connectivity index (χ2n) is 5.63. The van der Waals surface area contributed by atoms with E-state index in [-0.39, 0.29) is 5.78 Å². The van der Waals surface area contributed by atoms with Crippen molar-refractivity contribution >= 4 is 11.8 Å². The summed E-state index contributed by atoms with van der Waals surface area (Å²) in [6.45, 7) is 4.44. The van der Waals surface area contributed by atoms with Crippen molar-refractivity contribution in [3.05, 3.63) is 58.4 Å². The molecule has 1 N–H and O–H groups in total. The highest BCUT2D eigenvalue weighted by Gasteiger charge is 2.33. The largest absolute Gasteiger partial charge is 0.481 e. The summed E-state index contributed by atoms with van der Waals surface area (Å²) in [6, 6.07) is 9.31. The zero-order valence-electron chi connectivity index (χ0n) is 12.1. The molecular weight excluding hydrogens is 266 g/mol. The predicted octanol–water partition coefficient (Wildman–Crippen LogP) is 2.91. The lowest BCUT2D eigenvalue weighted by atomic mass is 10.0. The number of hydrogen-bond donors (Lipinski definition) is 1. The number of aryl methyl sites for hydroxylation is 2. The number of benzene rings is 1. The molecule has 3 rings (SSSR count). The summed E-state index contributed by atoms with van der Waals surface area (Å²) in [5.74, 6) is -1.35. The van der Waals surface area contributed by atoms with Crippen LogP contribution in [0.25, 0.3) is 0 Å². The molecule has 0 saturated heterocycles. The zero-order chi connectivity index (χ0) is 15.1. The maximum absolute atomic E-state index is 12.7. The second-order valence-corrected chi connectivity index (χ2v) is 5.63. The fraction of sp³-hybridized carbons (Fsp3) is 0.294. The van der Waals surface area contributed by atoms with E-state index >= 15 is 0 Å². The first-order valence-electron chi connectivity index (χ1n) is 7.03. The summed E-state index contributed by atoms with van der Waals surface area (Å²) < 4.78 is 1.87. The van der Waals surface area contributed by atoms with E-state index in [2.05, 4.69) is 0 Å². The van der Waals surface area contributed by atoms with Crippen LogP contribution in [0.3, 0.4) is 0 Å². The number of nitrogens with zero attached hydrogens (tertiary/aromatic N) is 1. The molecule has 21 heavy (non-hydrogen) atoms. The summed E-state index contributed by atoms with van der Waals surface area (Å²) >= 11 is 0. The Morgan fingerprint density at radius 1 is 1.19 bits per heavy atom. The van der Waals surface area contributed by atoms with Gasteiger partial charge >= 0.3 is 5.97 Å². The molecule has 0 spiro atoms. The Labute approximate surface area is 123 Å². The predicted molar refractivity (Wildman–Crippen MR) is 78.8 cm³/mol. The topological polar surface area (TPSA) is 59.3 Å². The van der Waals surface area contributed by atoms with Crippen molar-refractivity contribution in [1.29, 1.82) is 0 Å². The molecular formula is C17H17NO3. The number of aliphatic carboxylic acids is 1. The Morgan fingerprint density at radius 2 is 1.86 bits per heavy atom. The van der Waals surface area contributed by atoms with Crippen molar-refractivity contribution in [1.82, 2.24) is 4.57 Å². The number of ketones is 1. The smallest absolute Gasteiger partial charge is 0.312 e. The fourth-order valence-electron chi connectivity index (χ4n) is 3.04. The van der Waals surface area contributed by atoms with Gasteiger partial charge in [-0.25, -0.2) is 0 Å². The Bertz CT molecular complexity index is 725. The molecule has 1 aromatic heterocycles. The van der Waals surface area contributed by atoms with E-state index in [1.807, 2.05) is 48.7 Å². The number of carboxylic acid groups (broad SMARTS) is 1. The van der Waals surface area contributed by atoms with Gasteiger partial charge in [0.15, 0.2) is 0 Å². The number of fused-ring (bicyclic) bond motifs is 1. The van der Waals surface area contributed by atoms with Gasteiger partial charge < -0.3 is 9.67 Å². The highest BCUT2D eigenvalue weighted by molar-refractivity contribution is 6.09. The Morgan fingerprint density at radius 3 is 2.48 bits per heavy atom. The van der Waals surface area contributed by atoms with Crippen molar-refractivity contribution in [3.63, 3.8) is 0 Å². The molecule has 0 fully saturated rings. The molecule has 108 valence electrons. The van der Waals surface area contributed by atoms with Crippen LogP contribution in [0, 0.1) is 13.8 Å². The molecule has 1 aliphatic heterocycles. The summed E-state index contributed by atoms with van der Waals surface area (Å²) in [4.78, 5) is 24.0. The van der Waals surface area contributed by atoms with Crippen molar-refractivity contribution in [3.8, 4) is 0 Å². The lowest BCUT2D eigenvalue weighted by Crippen LogP contribution is -2.10. The summed E-state index contributed by atoms with van der Waals surface area (Å²) in [7, 11) is 0. The normalized spacial score (nSPS) is 16.8. The highest BCUT2D eigenvalue weighted by Crippen LogP contribution is 2.33. The molecule has 0 bridgehead atoms. The van der Waals surface area contributed by atoms with Crippen LogP contribution < -0.4 is 0 Å². The fourth-order valence-corrected chi connectivity index (χ4v) is 3.04. The summed E-state index contributed by atoms with van der Waals surface area (Å²) in [6.07, 6.45) is 0.555. The van der Waals surface area contributed by atoms with Gasteiger partial charge in [0, 0.05) is 17.8 Å². The summed E-state index contributed by atoms with van der Waals surface area (Å²) in [5.41, 5.74) is 3.97. The number of carbonyl (C=O) groups is 2. The minimum Gasteiger partial charge on any atom is -0.481 e. The standard InChI is InChI=1S/C17H17NO3/c1-10-3-5-12(6-4-10)16(19)15-11(2)9-14-13(17(20)21)7-8-18(14)15/h3-6,9,13H,7-8H2,1-2H3,(H,20,21). The third-order valence-corrected chi connectivity index (χ3v) is 4.14. The molecule has 4 nitrogen and oxygen atoms in total. The van der Waals surface area contributed by atoms with Crippen molar-refractivity contribution in [2.45, 2.75) is 32.7 Å². The van der Waals surface area contributed by atoms with Crippen LogP contribution in [0.1, 0.15) is 45.2 Å². The second kappa shape index (κ2) is 4.88. The third kappa shape index (κ3) is 2.17. The SMILES string of the molecule is Cc1ccc(C(=O)c2c(C)cc3n2CCC3C(=O)O)cc1. The van der Waals surface area contributed by atoms with Crippen molar-refractivity contribution in [2.75, 3.05) is 0 Å². The van der Waals surface area contributed by atoms with Gasteiger partial charge in [-0.15, -0.1) is 0 Å². The molecule has 2 heterocycles. The van der Waals surface area contributed by atoms with Crippen LogP contribution in [0.15, 0.2) is 30.3 Å². The lowest BCUT2D eigenvalue weighted by molar-refractivity contribution is -0.138. The minimum absolute atomic E-state index is 0.0372. The van der Waals surface area contributed by atoms with E-state index in [0.717, 1.165) is 16.8 Å². The molecule has 2 aromatic rings. The van der Waals surface area contributed by atoms with Gasteiger partial charge in [0.25, 0.3) is 0 Å². The first kappa shape index (κ1) is 13.6. The van der Waals surface area contributed by atoms with E-state index in [9.17, 15) is 14.7 Å². The van der Waals surface area contributed by atoms with Crippen LogP contribution in [0.4, 0.5) is 0 Å². The first-order chi connectivity index (χ1) is 9.99. The molecule has 1 aromatic carbocycles. The monoisotopic (exact) mass is 283 g/mol. The number of rotatable bonds is 3. The molecule has 0 amide bonds. The minimum atomic E-state index is -0.819. The molecule has 0 saturated carbocycles. The average Bonchev–Trinajstić information content (AvgIpc) is 2.96. The molecule has 1 unspecified atom stereocenters. The van der Waals surface area contributed by atoms with Crippen LogP contribution >= 0.6 is 0 Å². The number of carbonyl (C=O) groups excluding carboxylic acids is 1. The van der Waals surface area contributed by atoms with Gasteiger partial charge in [-0.1, -0.05) is 29.8 Å². The highest BCUT2D eigenvalue weighted by atomic mass is 16.4. The zero-order valence-corrected chi connectivity index (χ0v) is 12.1. The van der Waals surface area contributed by atoms with Gasteiger partial charge in [0.2, 0.25) is 5.78 Å². The van der Waals surface area contributed by atoms with Gasteiger partial charge in [-0.2, -0.15) is 0 Å². The Balaban J connectivity index is 2.04. The van der Waals surface area contributed by atoms with E-state index in [1.54, 1.807) is 0 Å². The van der Waals surface area contributed by atoms with Gasteiger partial charge in [-0.05, 0) is 31.9 Å². The van der Waals surface area contributed by atoms with E-state index in [0.29, 0.717) is 24.2 Å². The van der Waals surface area contributed by atoms with Gasteiger partial charge in [-0.3, -0.25) is 9.59 Å². The van der Waals surface area contributed by atoms with E-state index in [1.165, 1.54) is 0 Å². The Kier molecular flexibility index (Phi) is 3.16. The van der Waals surface area contributed by atoms with Crippen molar-refractivity contribution in [2.24, 2.45) is 0 Å². The first-order valence-corrected chi connectivity index (χ1v) is 7.03. The van der Waals surface area contributed by atoms with Crippen molar-refractivity contribution < 1.29 is 14.7 Å². The average molecular weight is 283 g/mol. The number of carboxylic acids is 1. The van der Waals surface area contributed by atoms with Gasteiger partial charge in [0.1, 0.15) is 0 Å². The van der Waals surface area contributed by atoms with Gasteiger partial charge in [0.05, 0.1) is 11.6 Å². The van der Waals surface area contributed by atoms with Crippen LogP contribution in [-0.4, -0.2) is 21.4 Å². The molecule has 0 radical (unpaired) electrons. The maximum atomic E-state index is 12.7. The quantitative estimate of drug-likeness (QED) is 0.881. The molecule has 0 aliphatic carbocycles. The Hall–Kier alpha value is -2.36. The van der Waals surface area contributed by atoms with Crippen LogP contribution in [0.2, 0.25) is 0 Å². The maximum Gasteiger partial charge on any atom is 0.312 e. The van der Waals surface area contributed by atoms with Crippen LogP contribution in [-0.2, 0) is 11.3 Å². The molecule has 1 atom stereocenters. The number of aromatic nitrogens is 1.